The minimum atomic E-state index is -0.271. The summed E-state index contributed by atoms with van der Waals surface area (Å²) in [4.78, 5) is 26.0. The van der Waals surface area contributed by atoms with Crippen molar-refractivity contribution in [2.24, 2.45) is 0 Å². The largest absolute Gasteiger partial charge is 0.493 e. The molecular weight excluding hydrogens is 338 g/mol. The Bertz CT molecular complexity index is 660. The number of hydrogen-bond donors (Lipinski definition) is 2. The monoisotopic (exact) mass is 363 g/mol. The quantitative estimate of drug-likeness (QED) is 0.795. The molecule has 26 heavy (non-hydrogen) atoms. The number of nitrogens with one attached hydrogen (secondary N) is 2. The number of carbonyl (C=O) groups is 2. The lowest BCUT2D eigenvalue weighted by molar-refractivity contribution is -0.117. The molecule has 0 saturated carbocycles. The second kappa shape index (κ2) is 8.27. The highest BCUT2D eigenvalue weighted by atomic mass is 16.5. The summed E-state index contributed by atoms with van der Waals surface area (Å²) in [5, 5.41) is 5.67. The predicted molar refractivity (Wildman–Crippen MR) is 95.8 cm³/mol. The number of nitrogens with zero attached hydrogens (tertiary/aromatic N) is 1. The van der Waals surface area contributed by atoms with E-state index in [2.05, 4.69) is 10.6 Å². The van der Waals surface area contributed by atoms with E-state index in [1.165, 1.54) is 0 Å². The summed E-state index contributed by atoms with van der Waals surface area (Å²) >= 11 is 0. The summed E-state index contributed by atoms with van der Waals surface area (Å²) in [6.45, 7) is 1.67. The van der Waals surface area contributed by atoms with Gasteiger partial charge in [-0.15, -0.1) is 0 Å². The molecule has 2 N–H and O–H groups in total. The van der Waals surface area contributed by atoms with Crippen LogP contribution in [0.1, 0.15) is 19.3 Å². The maximum Gasteiger partial charge on any atom is 0.315 e. The van der Waals surface area contributed by atoms with Gasteiger partial charge in [-0.2, -0.15) is 0 Å². The van der Waals surface area contributed by atoms with Crippen molar-refractivity contribution in [2.75, 3.05) is 38.8 Å². The van der Waals surface area contributed by atoms with Crippen molar-refractivity contribution in [3.63, 3.8) is 0 Å². The molecule has 0 aromatic heterocycles. The summed E-state index contributed by atoms with van der Waals surface area (Å²) in [7, 11) is 3.11. The number of anilines is 1. The first kappa shape index (κ1) is 18.3. The van der Waals surface area contributed by atoms with E-state index in [1.54, 1.807) is 37.3 Å². The molecule has 8 heteroatoms. The number of hydrogen-bond acceptors (Lipinski definition) is 5. The molecule has 0 radical (unpaired) electrons. The molecule has 1 aromatic carbocycles. The third-order valence-electron chi connectivity index (χ3n) is 4.65. The van der Waals surface area contributed by atoms with Crippen molar-refractivity contribution in [1.82, 2.24) is 10.6 Å². The number of carbonyl (C=O) groups excluding carboxylic acids is 2. The van der Waals surface area contributed by atoms with Crippen molar-refractivity contribution in [1.29, 1.82) is 0 Å². The average Bonchev–Trinajstić information content (AvgIpc) is 3.29. The van der Waals surface area contributed by atoms with Crippen LogP contribution in [0, 0.1) is 0 Å². The standard InChI is InChI=1S/C18H25N3O5/c1-24-15-6-5-13(9-16(15)25-2)21-11-12(8-17(21)22)20-18(23)19-10-14-4-3-7-26-14/h5-6,9,12,14H,3-4,7-8,10-11H2,1-2H3,(H2,19,20,23)/t12-,14+/m0/s1. The molecule has 8 nitrogen and oxygen atoms in total. The van der Waals surface area contributed by atoms with Crippen molar-refractivity contribution in [3.05, 3.63) is 18.2 Å². The lowest BCUT2D eigenvalue weighted by Gasteiger charge is -2.19. The highest BCUT2D eigenvalue weighted by Gasteiger charge is 2.32. The van der Waals surface area contributed by atoms with Crippen LogP contribution in [0.25, 0.3) is 0 Å². The van der Waals surface area contributed by atoms with Gasteiger partial charge in [0.2, 0.25) is 5.91 Å². The molecule has 2 atom stereocenters. The molecule has 2 saturated heterocycles. The molecule has 3 rings (SSSR count). The Morgan fingerprint density at radius 2 is 2.12 bits per heavy atom. The van der Waals surface area contributed by atoms with E-state index >= 15 is 0 Å². The van der Waals surface area contributed by atoms with Crippen molar-refractivity contribution < 1.29 is 23.8 Å². The van der Waals surface area contributed by atoms with E-state index in [9.17, 15) is 9.59 Å². The SMILES string of the molecule is COc1ccc(N2C[C@@H](NC(=O)NC[C@H]3CCCO3)CC2=O)cc1OC. The van der Waals surface area contributed by atoms with E-state index < -0.39 is 0 Å². The second-order valence-corrected chi connectivity index (χ2v) is 6.43. The molecule has 2 aliphatic heterocycles. The van der Waals surface area contributed by atoms with Crippen molar-refractivity contribution in [2.45, 2.75) is 31.4 Å². The van der Waals surface area contributed by atoms with Crippen LogP contribution < -0.4 is 25.0 Å². The second-order valence-electron chi connectivity index (χ2n) is 6.43. The summed E-state index contributed by atoms with van der Waals surface area (Å²) in [6.07, 6.45) is 2.36. The third-order valence-corrected chi connectivity index (χ3v) is 4.65. The fraction of sp³-hybridized carbons (Fsp3) is 0.556. The molecule has 2 aliphatic rings. The van der Waals surface area contributed by atoms with Gasteiger partial charge in [-0.3, -0.25) is 4.79 Å². The van der Waals surface area contributed by atoms with Gasteiger partial charge >= 0.3 is 6.03 Å². The van der Waals surface area contributed by atoms with Crippen LogP contribution in [-0.4, -0.2) is 58.0 Å². The molecule has 0 spiro atoms. The number of benzene rings is 1. The van der Waals surface area contributed by atoms with Crippen LogP contribution in [0.3, 0.4) is 0 Å². The summed E-state index contributed by atoms with van der Waals surface area (Å²) < 4.78 is 16.0. The Labute approximate surface area is 152 Å². The smallest absolute Gasteiger partial charge is 0.315 e. The van der Waals surface area contributed by atoms with Crippen LogP contribution >= 0.6 is 0 Å². The Hall–Kier alpha value is -2.48. The highest BCUT2D eigenvalue weighted by Crippen LogP contribution is 2.33. The van der Waals surface area contributed by atoms with E-state index in [0.717, 1.165) is 25.1 Å². The van der Waals surface area contributed by atoms with E-state index in [0.29, 0.717) is 24.6 Å². The van der Waals surface area contributed by atoms with E-state index in [1.807, 2.05) is 0 Å². The predicted octanol–water partition coefficient (Wildman–Crippen LogP) is 1.29. The Kier molecular flexibility index (Phi) is 5.82. The van der Waals surface area contributed by atoms with Gasteiger partial charge in [0, 0.05) is 37.9 Å². The maximum atomic E-state index is 12.3. The first-order valence-electron chi connectivity index (χ1n) is 8.79. The van der Waals surface area contributed by atoms with Gasteiger partial charge in [0.15, 0.2) is 11.5 Å². The van der Waals surface area contributed by atoms with Gasteiger partial charge in [-0.1, -0.05) is 0 Å². The molecule has 2 fully saturated rings. The average molecular weight is 363 g/mol. The van der Waals surface area contributed by atoms with Gasteiger partial charge in [0.25, 0.3) is 0 Å². The topological polar surface area (TPSA) is 89.1 Å². The number of ether oxygens (including phenoxy) is 3. The minimum absolute atomic E-state index is 0.0401. The molecule has 3 amide bonds. The van der Waals surface area contributed by atoms with Gasteiger partial charge in [-0.25, -0.2) is 4.79 Å². The summed E-state index contributed by atoms with van der Waals surface area (Å²) in [5.74, 6) is 1.12. The fourth-order valence-electron chi connectivity index (χ4n) is 3.29. The molecular formula is C18H25N3O5. The maximum absolute atomic E-state index is 12.3. The first-order chi connectivity index (χ1) is 12.6. The highest BCUT2D eigenvalue weighted by molar-refractivity contribution is 5.97. The van der Waals surface area contributed by atoms with Gasteiger partial charge in [-0.05, 0) is 25.0 Å². The Balaban J connectivity index is 1.55. The van der Waals surface area contributed by atoms with Crippen LogP contribution in [0.15, 0.2) is 18.2 Å². The van der Waals surface area contributed by atoms with Crippen molar-refractivity contribution >= 4 is 17.6 Å². The van der Waals surface area contributed by atoms with E-state index in [-0.39, 0.29) is 30.5 Å². The lowest BCUT2D eigenvalue weighted by atomic mass is 10.2. The van der Waals surface area contributed by atoms with Crippen LogP contribution in [0.2, 0.25) is 0 Å². The molecule has 2 heterocycles. The zero-order chi connectivity index (χ0) is 18.5. The minimum Gasteiger partial charge on any atom is -0.493 e. The zero-order valence-electron chi connectivity index (χ0n) is 15.1. The van der Waals surface area contributed by atoms with Crippen LogP contribution in [0.4, 0.5) is 10.5 Å². The number of rotatable bonds is 6. The molecule has 142 valence electrons. The van der Waals surface area contributed by atoms with Gasteiger partial charge in [0.1, 0.15) is 0 Å². The number of methoxy groups -OCH3 is 2. The van der Waals surface area contributed by atoms with E-state index in [4.69, 9.17) is 14.2 Å². The third kappa shape index (κ3) is 4.19. The lowest BCUT2D eigenvalue weighted by Crippen LogP contribution is -2.45. The van der Waals surface area contributed by atoms with Gasteiger partial charge in [0.05, 0.1) is 26.4 Å². The number of amides is 3. The van der Waals surface area contributed by atoms with Crippen LogP contribution in [0.5, 0.6) is 11.5 Å². The molecule has 0 unspecified atom stereocenters. The van der Waals surface area contributed by atoms with Crippen molar-refractivity contribution in [3.8, 4) is 11.5 Å². The molecule has 1 aromatic rings. The fourth-order valence-corrected chi connectivity index (χ4v) is 3.29. The summed E-state index contributed by atoms with van der Waals surface area (Å²) in [6, 6.07) is 4.82. The molecule has 0 bridgehead atoms. The molecule has 0 aliphatic carbocycles. The summed E-state index contributed by atoms with van der Waals surface area (Å²) in [5.41, 5.74) is 0.719. The Morgan fingerprint density at radius 3 is 2.81 bits per heavy atom. The van der Waals surface area contributed by atoms with Crippen LogP contribution in [-0.2, 0) is 9.53 Å². The normalized spacial score (nSPS) is 22.4. The Morgan fingerprint density at radius 1 is 1.31 bits per heavy atom. The van der Waals surface area contributed by atoms with Gasteiger partial charge < -0.3 is 29.7 Å². The first-order valence-corrected chi connectivity index (χ1v) is 8.79. The zero-order valence-corrected chi connectivity index (χ0v) is 15.1. The number of urea groups is 1.